The number of nitrogens with zero attached hydrogens (tertiary/aromatic N) is 1. The van der Waals surface area contributed by atoms with Gasteiger partial charge in [-0.15, -0.1) is 0 Å². The topological polar surface area (TPSA) is 75.4 Å². The summed E-state index contributed by atoms with van der Waals surface area (Å²) < 4.78 is 0.832. The summed E-state index contributed by atoms with van der Waals surface area (Å²) >= 11 is 3.33. The summed E-state index contributed by atoms with van der Waals surface area (Å²) in [6, 6.07) is 5.19. The minimum absolute atomic E-state index is 0.132. The molecule has 1 aromatic carbocycles. The number of aliphatic hydroxyl groups excluding tert-OH is 1. The van der Waals surface area contributed by atoms with Gasteiger partial charge < -0.3 is 10.4 Å². The molecule has 0 saturated heterocycles. The second-order valence-electron chi connectivity index (χ2n) is 4.93. The van der Waals surface area contributed by atoms with E-state index in [1.165, 1.54) is 6.07 Å². The van der Waals surface area contributed by atoms with E-state index in [4.69, 9.17) is 0 Å². The largest absolute Gasteiger partial charge is 0.393 e. The van der Waals surface area contributed by atoms with Crippen molar-refractivity contribution < 1.29 is 10.0 Å². The molecule has 0 heterocycles. The van der Waals surface area contributed by atoms with Gasteiger partial charge in [0.25, 0.3) is 5.69 Å². The highest BCUT2D eigenvalue weighted by molar-refractivity contribution is 9.10. The maximum absolute atomic E-state index is 11.0. The van der Waals surface area contributed by atoms with E-state index in [1.54, 1.807) is 12.1 Å². The summed E-state index contributed by atoms with van der Waals surface area (Å²) in [6.45, 7) is 0.452. The molecule has 0 aromatic heterocycles. The van der Waals surface area contributed by atoms with Gasteiger partial charge >= 0.3 is 0 Å². The molecule has 104 valence electrons. The Bertz CT molecular complexity index is 467. The molecule has 2 N–H and O–H groups in total. The van der Waals surface area contributed by atoms with Gasteiger partial charge in [0.15, 0.2) is 0 Å². The fourth-order valence-electron chi connectivity index (χ4n) is 2.48. The Morgan fingerprint density at radius 2 is 2.26 bits per heavy atom. The molecule has 1 saturated carbocycles. The van der Waals surface area contributed by atoms with Crippen LogP contribution >= 0.6 is 15.9 Å². The number of hydrogen-bond acceptors (Lipinski definition) is 4. The van der Waals surface area contributed by atoms with Gasteiger partial charge in [0, 0.05) is 28.7 Å². The minimum atomic E-state index is -0.362. The van der Waals surface area contributed by atoms with E-state index in [2.05, 4.69) is 21.2 Å². The van der Waals surface area contributed by atoms with Crippen molar-refractivity contribution in [3.05, 3.63) is 38.3 Å². The van der Waals surface area contributed by atoms with Gasteiger partial charge in [0.2, 0.25) is 0 Å². The first-order chi connectivity index (χ1) is 9.06. The maximum Gasteiger partial charge on any atom is 0.273 e. The van der Waals surface area contributed by atoms with Crippen molar-refractivity contribution >= 4 is 21.6 Å². The Labute approximate surface area is 120 Å². The fraction of sp³-hybridized carbons (Fsp3) is 0.538. The van der Waals surface area contributed by atoms with Crippen molar-refractivity contribution in [3.63, 3.8) is 0 Å². The molecular formula is C13H17BrN2O3. The normalized spacial score (nSPS) is 23.3. The molecule has 5 nitrogen and oxygen atoms in total. The van der Waals surface area contributed by atoms with Gasteiger partial charge in [-0.05, 0) is 37.8 Å². The maximum atomic E-state index is 11.0. The SMILES string of the molecule is O=[N+]([O-])c1ccc(Br)cc1CNC1CCCC(O)C1. The average molecular weight is 329 g/mol. The standard InChI is InChI=1S/C13H17BrN2O3/c14-10-4-5-13(16(18)19)9(6-10)8-15-11-2-1-3-12(17)7-11/h4-6,11-12,15,17H,1-3,7-8H2. The van der Waals surface area contributed by atoms with Gasteiger partial charge in [-0.3, -0.25) is 10.1 Å². The lowest BCUT2D eigenvalue weighted by Crippen LogP contribution is -2.35. The number of hydrogen-bond donors (Lipinski definition) is 2. The highest BCUT2D eigenvalue weighted by Crippen LogP contribution is 2.24. The molecule has 1 aliphatic carbocycles. The van der Waals surface area contributed by atoms with Crippen LogP contribution in [-0.4, -0.2) is 22.2 Å². The van der Waals surface area contributed by atoms with E-state index in [0.717, 1.165) is 30.2 Å². The monoisotopic (exact) mass is 328 g/mol. The zero-order valence-electron chi connectivity index (χ0n) is 10.5. The molecule has 0 bridgehead atoms. The lowest BCUT2D eigenvalue weighted by molar-refractivity contribution is -0.385. The van der Waals surface area contributed by atoms with Crippen molar-refractivity contribution in [2.75, 3.05) is 0 Å². The molecule has 1 aromatic rings. The lowest BCUT2D eigenvalue weighted by atomic mass is 9.93. The Kier molecular flexibility index (Phi) is 4.90. The molecule has 0 radical (unpaired) electrons. The number of rotatable bonds is 4. The van der Waals surface area contributed by atoms with E-state index < -0.39 is 0 Å². The fourth-order valence-corrected chi connectivity index (χ4v) is 2.89. The predicted molar refractivity (Wildman–Crippen MR) is 75.9 cm³/mol. The number of nitrogens with one attached hydrogen (secondary N) is 1. The smallest absolute Gasteiger partial charge is 0.273 e. The number of nitro groups is 1. The van der Waals surface area contributed by atoms with Crippen molar-refractivity contribution in [2.45, 2.75) is 44.4 Å². The van der Waals surface area contributed by atoms with Crippen LogP contribution < -0.4 is 5.32 Å². The quantitative estimate of drug-likeness (QED) is 0.658. The lowest BCUT2D eigenvalue weighted by Gasteiger charge is -2.26. The summed E-state index contributed by atoms with van der Waals surface area (Å²) in [4.78, 5) is 10.6. The van der Waals surface area contributed by atoms with Crippen LogP contribution in [0.25, 0.3) is 0 Å². The van der Waals surface area contributed by atoms with Gasteiger partial charge in [-0.1, -0.05) is 15.9 Å². The molecule has 0 amide bonds. The summed E-state index contributed by atoms with van der Waals surface area (Å²) in [6.07, 6.45) is 3.35. The van der Waals surface area contributed by atoms with Crippen LogP contribution in [0.4, 0.5) is 5.69 Å². The second kappa shape index (κ2) is 6.45. The average Bonchev–Trinajstić information content (AvgIpc) is 2.36. The first-order valence-electron chi connectivity index (χ1n) is 6.40. The van der Waals surface area contributed by atoms with Crippen molar-refractivity contribution in [2.24, 2.45) is 0 Å². The molecule has 2 unspecified atom stereocenters. The van der Waals surface area contributed by atoms with E-state index in [0.29, 0.717) is 12.1 Å². The van der Waals surface area contributed by atoms with Crippen LogP contribution in [0.3, 0.4) is 0 Å². The Morgan fingerprint density at radius 3 is 2.95 bits per heavy atom. The molecule has 2 atom stereocenters. The van der Waals surface area contributed by atoms with Gasteiger partial charge in [0.05, 0.1) is 11.0 Å². The Hall–Kier alpha value is -0.980. The highest BCUT2D eigenvalue weighted by Gasteiger charge is 2.21. The zero-order valence-corrected chi connectivity index (χ0v) is 12.1. The van der Waals surface area contributed by atoms with E-state index in [-0.39, 0.29) is 22.8 Å². The minimum Gasteiger partial charge on any atom is -0.393 e. The van der Waals surface area contributed by atoms with E-state index in [1.807, 2.05) is 0 Å². The molecular weight excluding hydrogens is 312 g/mol. The molecule has 0 aliphatic heterocycles. The molecule has 2 rings (SSSR count). The summed E-state index contributed by atoms with van der Waals surface area (Å²) in [5.41, 5.74) is 0.798. The third kappa shape index (κ3) is 3.99. The number of aliphatic hydroxyl groups is 1. The predicted octanol–water partition coefficient (Wildman–Crippen LogP) is 2.75. The van der Waals surface area contributed by atoms with Crippen molar-refractivity contribution in [1.29, 1.82) is 0 Å². The summed E-state index contributed by atoms with van der Waals surface area (Å²) in [5.74, 6) is 0. The number of nitro benzene ring substituents is 1. The molecule has 19 heavy (non-hydrogen) atoms. The van der Waals surface area contributed by atoms with E-state index >= 15 is 0 Å². The second-order valence-corrected chi connectivity index (χ2v) is 5.84. The zero-order chi connectivity index (χ0) is 13.8. The van der Waals surface area contributed by atoms with Crippen LogP contribution in [0, 0.1) is 10.1 Å². The van der Waals surface area contributed by atoms with Crippen LogP contribution in [0.5, 0.6) is 0 Å². The van der Waals surface area contributed by atoms with Crippen LogP contribution in [-0.2, 0) is 6.54 Å². The van der Waals surface area contributed by atoms with Gasteiger partial charge in [0.1, 0.15) is 0 Å². The molecule has 1 aliphatic rings. The van der Waals surface area contributed by atoms with Crippen LogP contribution in [0.1, 0.15) is 31.2 Å². The van der Waals surface area contributed by atoms with Crippen LogP contribution in [0.2, 0.25) is 0 Å². The summed E-state index contributed by atoms with van der Waals surface area (Å²) in [7, 11) is 0. The molecule has 6 heteroatoms. The van der Waals surface area contributed by atoms with E-state index in [9.17, 15) is 15.2 Å². The first kappa shape index (κ1) is 14.4. The third-order valence-corrected chi connectivity index (χ3v) is 3.96. The van der Waals surface area contributed by atoms with Gasteiger partial charge in [-0.2, -0.15) is 0 Å². The van der Waals surface area contributed by atoms with Crippen molar-refractivity contribution in [1.82, 2.24) is 5.32 Å². The Balaban J connectivity index is 2.02. The van der Waals surface area contributed by atoms with Crippen LogP contribution in [0.15, 0.2) is 22.7 Å². The molecule has 0 spiro atoms. The molecule has 1 fully saturated rings. The summed E-state index contributed by atoms with van der Waals surface area (Å²) in [5, 5.41) is 23.9. The number of benzene rings is 1. The third-order valence-electron chi connectivity index (χ3n) is 3.47. The van der Waals surface area contributed by atoms with Crippen molar-refractivity contribution in [3.8, 4) is 0 Å². The first-order valence-corrected chi connectivity index (χ1v) is 7.20. The Morgan fingerprint density at radius 1 is 1.47 bits per heavy atom. The number of halogens is 1. The highest BCUT2D eigenvalue weighted by atomic mass is 79.9. The van der Waals surface area contributed by atoms with Gasteiger partial charge in [-0.25, -0.2) is 0 Å².